The van der Waals surface area contributed by atoms with Crippen molar-refractivity contribution in [3.05, 3.63) is 46.5 Å². The Labute approximate surface area is 143 Å². The van der Waals surface area contributed by atoms with Crippen molar-refractivity contribution < 1.29 is 13.2 Å². The first-order valence-electron chi connectivity index (χ1n) is 7.07. The van der Waals surface area contributed by atoms with Gasteiger partial charge in [-0.15, -0.1) is 11.3 Å². The van der Waals surface area contributed by atoms with Crippen LogP contribution in [-0.4, -0.2) is 24.1 Å². The number of amides is 1. The quantitative estimate of drug-likeness (QED) is 0.738. The first-order valence-corrected chi connectivity index (χ1v) is 9.60. The molecule has 3 rings (SSSR count). The molecule has 1 aromatic carbocycles. The highest BCUT2D eigenvalue weighted by molar-refractivity contribution is 7.88. The molecule has 0 aliphatic rings. The van der Waals surface area contributed by atoms with Gasteiger partial charge in [0, 0.05) is 18.1 Å². The Kier molecular flexibility index (Phi) is 4.16. The van der Waals surface area contributed by atoms with E-state index in [0.29, 0.717) is 16.1 Å². The number of fused-ring (bicyclic) bond motifs is 1. The lowest BCUT2D eigenvalue weighted by Gasteiger charge is -2.05. The molecule has 0 radical (unpaired) electrons. The molecule has 126 valence electrons. The summed E-state index contributed by atoms with van der Waals surface area (Å²) in [4.78, 5) is 13.9. The summed E-state index contributed by atoms with van der Waals surface area (Å²) in [5.41, 5.74) is 2.04. The van der Waals surface area contributed by atoms with Gasteiger partial charge in [-0.05, 0) is 30.7 Å². The summed E-state index contributed by atoms with van der Waals surface area (Å²) in [6, 6.07) is 8.38. The number of nitrogens with one attached hydrogen (secondary N) is 1. The van der Waals surface area contributed by atoms with E-state index >= 15 is 0 Å². The standard InChI is InChI=1S/C15H16N4O3S2/c1-9-12-7-13(23-15(12)19(2)18-9)14(20)17-11-5-3-10(4-6-11)8-24(16,21)22/h3-7H,8H2,1-2H3,(H,17,20)(H2,16,21,22). The van der Waals surface area contributed by atoms with Gasteiger partial charge in [-0.1, -0.05) is 12.1 Å². The summed E-state index contributed by atoms with van der Waals surface area (Å²) in [5.74, 6) is -0.445. The third kappa shape index (κ3) is 3.48. The zero-order chi connectivity index (χ0) is 17.5. The van der Waals surface area contributed by atoms with Gasteiger partial charge in [0.15, 0.2) is 0 Å². The lowest BCUT2D eigenvalue weighted by Crippen LogP contribution is -2.14. The Morgan fingerprint density at radius 2 is 2.00 bits per heavy atom. The monoisotopic (exact) mass is 364 g/mol. The number of thiophene rings is 1. The minimum absolute atomic E-state index is 0.213. The van der Waals surface area contributed by atoms with Gasteiger partial charge >= 0.3 is 0 Å². The molecule has 3 aromatic rings. The normalized spacial score (nSPS) is 11.8. The van der Waals surface area contributed by atoms with Crippen LogP contribution in [0.2, 0.25) is 0 Å². The molecule has 1 amide bonds. The Morgan fingerprint density at radius 1 is 1.33 bits per heavy atom. The number of anilines is 1. The number of primary sulfonamides is 1. The number of hydrogen-bond acceptors (Lipinski definition) is 5. The largest absolute Gasteiger partial charge is 0.321 e. The van der Waals surface area contributed by atoms with Crippen LogP contribution in [0.1, 0.15) is 20.9 Å². The van der Waals surface area contributed by atoms with E-state index in [9.17, 15) is 13.2 Å². The van der Waals surface area contributed by atoms with E-state index in [-0.39, 0.29) is 11.7 Å². The van der Waals surface area contributed by atoms with Crippen LogP contribution >= 0.6 is 11.3 Å². The highest BCUT2D eigenvalue weighted by Crippen LogP contribution is 2.28. The summed E-state index contributed by atoms with van der Waals surface area (Å²) in [7, 11) is -1.72. The van der Waals surface area contributed by atoms with Crippen LogP contribution < -0.4 is 10.5 Å². The number of carbonyl (C=O) groups excluding carboxylic acids is 1. The predicted molar refractivity (Wildman–Crippen MR) is 94.5 cm³/mol. The fraction of sp³-hybridized carbons (Fsp3) is 0.200. The average molecular weight is 364 g/mol. The van der Waals surface area contributed by atoms with Gasteiger partial charge in [0.1, 0.15) is 4.83 Å². The summed E-state index contributed by atoms with van der Waals surface area (Å²) in [6.45, 7) is 1.90. The molecule has 9 heteroatoms. The zero-order valence-corrected chi connectivity index (χ0v) is 14.7. The third-order valence-corrected chi connectivity index (χ3v) is 5.44. The SMILES string of the molecule is Cc1nn(C)c2sc(C(=O)Nc3ccc(CS(N)(=O)=O)cc3)cc12. The molecule has 0 saturated carbocycles. The summed E-state index contributed by atoms with van der Waals surface area (Å²) in [6.07, 6.45) is 0. The second-order valence-electron chi connectivity index (χ2n) is 5.50. The second kappa shape index (κ2) is 6.00. The van der Waals surface area contributed by atoms with Crippen molar-refractivity contribution in [2.75, 3.05) is 5.32 Å². The summed E-state index contributed by atoms with van der Waals surface area (Å²) < 4.78 is 23.9. The number of rotatable bonds is 4. The van der Waals surface area contributed by atoms with Gasteiger partial charge in [0.2, 0.25) is 10.0 Å². The Morgan fingerprint density at radius 3 is 2.58 bits per heavy atom. The van der Waals surface area contributed by atoms with E-state index in [1.807, 2.05) is 20.0 Å². The van der Waals surface area contributed by atoms with Crippen LogP contribution in [0.15, 0.2) is 30.3 Å². The van der Waals surface area contributed by atoms with Crippen molar-refractivity contribution in [1.29, 1.82) is 0 Å². The number of hydrogen-bond donors (Lipinski definition) is 2. The van der Waals surface area contributed by atoms with Gasteiger partial charge in [-0.25, -0.2) is 13.6 Å². The first-order chi connectivity index (χ1) is 11.2. The van der Waals surface area contributed by atoms with Gasteiger partial charge in [0.25, 0.3) is 5.91 Å². The average Bonchev–Trinajstić information content (AvgIpc) is 3.02. The number of nitrogens with two attached hydrogens (primary N) is 1. The van der Waals surface area contributed by atoms with Crippen LogP contribution in [0, 0.1) is 6.92 Å². The van der Waals surface area contributed by atoms with Crippen molar-refractivity contribution in [1.82, 2.24) is 9.78 Å². The molecule has 0 atom stereocenters. The summed E-state index contributed by atoms with van der Waals surface area (Å²) in [5, 5.41) is 13.1. The second-order valence-corrected chi connectivity index (χ2v) is 8.14. The lowest BCUT2D eigenvalue weighted by molar-refractivity contribution is 0.103. The molecular weight excluding hydrogens is 348 g/mol. The minimum Gasteiger partial charge on any atom is -0.321 e. The molecule has 0 fully saturated rings. The summed E-state index contributed by atoms with van der Waals surface area (Å²) >= 11 is 1.38. The van der Waals surface area contributed by atoms with E-state index in [2.05, 4.69) is 10.4 Å². The van der Waals surface area contributed by atoms with Gasteiger partial charge in [-0.3, -0.25) is 9.48 Å². The number of aryl methyl sites for hydroxylation is 2. The topological polar surface area (TPSA) is 107 Å². The Balaban J connectivity index is 1.77. The predicted octanol–water partition coefficient (Wildman–Crippen LogP) is 1.98. The van der Waals surface area contributed by atoms with Crippen LogP contribution in [0.5, 0.6) is 0 Å². The van der Waals surface area contributed by atoms with E-state index in [0.717, 1.165) is 15.9 Å². The number of benzene rings is 1. The van der Waals surface area contributed by atoms with Crippen molar-refractivity contribution in [2.24, 2.45) is 12.2 Å². The first kappa shape index (κ1) is 16.6. The maximum atomic E-state index is 12.4. The molecule has 24 heavy (non-hydrogen) atoms. The molecule has 0 bridgehead atoms. The molecule has 0 saturated heterocycles. The van der Waals surface area contributed by atoms with Gasteiger partial charge < -0.3 is 5.32 Å². The lowest BCUT2D eigenvalue weighted by atomic mass is 10.2. The molecule has 0 spiro atoms. The molecule has 0 unspecified atom stereocenters. The van der Waals surface area contributed by atoms with E-state index in [1.165, 1.54) is 11.3 Å². The number of aromatic nitrogens is 2. The minimum atomic E-state index is -3.57. The molecule has 2 heterocycles. The maximum absolute atomic E-state index is 12.4. The molecule has 0 aliphatic carbocycles. The van der Waals surface area contributed by atoms with Crippen molar-refractivity contribution in [3.63, 3.8) is 0 Å². The van der Waals surface area contributed by atoms with Crippen molar-refractivity contribution >= 4 is 43.2 Å². The highest BCUT2D eigenvalue weighted by atomic mass is 32.2. The molecule has 2 aromatic heterocycles. The fourth-order valence-electron chi connectivity index (χ4n) is 2.43. The number of carbonyl (C=O) groups is 1. The molecular formula is C15H16N4O3S2. The van der Waals surface area contributed by atoms with Crippen LogP contribution in [0.4, 0.5) is 5.69 Å². The van der Waals surface area contributed by atoms with Gasteiger partial charge in [0.05, 0.1) is 16.3 Å². The van der Waals surface area contributed by atoms with E-state index < -0.39 is 10.0 Å². The Bertz CT molecular complexity index is 983. The highest BCUT2D eigenvalue weighted by Gasteiger charge is 2.15. The number of sulfonamides is 1. The van der Waals surface area contributed by atoms with Gasteiger partial charge in [-0.2, -0.15) is 5.10 Å². The van der Waals surface area contributed by atoms with E-state index in [4.69, 9.17) is 5.14 Å². The smallest absolute Gasteiger partial charge is 0.265 e. The van der Waals surface area contributed by atoms with Crippen LogP contribution in [-0.2, 0) is 22.8 Å². The fourth-order valence-corrected chi connectivity index (χ4v) is 4.10. The molecule has 7 nitrogen and oxygen atoms in total. The van der Waals surface area contributed by atoms with Crippen LogP contribution in [0.25, 0.3) is 10.2 Å². The number of nitrogens with zero attached hydrogens (tertiary/aromatic N) is 2. The van der Waals surface area contributed by atoms with Crippen molar-refractivity contribution in [2.45, 2.75) is 12.7 Å². The Hall–Kier alpha value is -2.23. The molecule has 0 aliphatic heterocycles. The van der Waals surface area contributed by atoms with Crippen LogP contribution in [0.3, 0.4) is 0 Å². The molecule has 3 N–H and O–H groups in total. The maximum Gasteiger partial charge on any atom is 0.265 e. The van der Waals surface area contributed by atoms with Crippen molar-refractivity contribution in [3.8, 4) is 0 Å². The third-order valence-electron chi connectivity index (χ3n) is 3.50. The zero-order valence-electron chi connectivity index (χ0n) is 13.1. The van der Waals surface area contributed by atoms with E-state index in [1.54, 1.807) is 28.9 Å².